The molecule has 7 heavy (non-hydrogen) atoms. The van der Waals surface area contributed by atoms with Crippen LogP contribution in [0, 0.1) is 0 Å². The predicted molar refractivity (Wildman–Crippen MR) is 38.6 cm³/mol. The summed E-state index contributed by atoms with van der Waals surface area (Å²) in [6.45, 7) is 0. The molecule has 0 amide bonds. The van der Waals surface area contributed by atoms with Gasteiger partial charge in [-0.2, -0.15) is 0 Å². The minimum atomic E-state index is 0.517. The Morgan fingerprint density at radius 2 is 1.86 bits per heavy atom. The number of hydrogen-bond donors (Lipinski definition) is 1. The highest BCUT2D eigenvalue weighted by Gasteiger charge is 1.97. The second-order valence-corrected chi connectivity index (χ2v) is 2.73. The SMILES string of the molecule is SSC1C=CC=C1. The fraction of sp³-hybridized carbons (Fsp3) is 0.200. The molecule has 0 spiro atoms. The van der Waals surface area contributed by atoms with Gasteiger partial charge in [-0.25, -0.2) is 0 Å². The van der Waals surface area contributed by atoms with Crippen LogP contribution >= 0.6 is 22.5 Å². The quantitative estimate of drug-likeness (QED) is 0.419. The van der Waals surface area contributed by atoms with E-state index in [4.69, 9.17) is 0 Å². The second-order valence-electron chi connectivity index (χ2n) is 1.34. The monoisotopic (exact) mass is 130 g/mol. The first-order valence-electron chi connectivity index (χ1n) is 2.08. The fourth-order valence-corrected chi connectivity index (χ4v) is 1.23. The summed E-state index contributed by atoms with van der Waals surface area (Å²) in [6.07, 6.45) is 8.29. The third-order valence-corrected chi connectivity index (χ3v) is 2.12. The van der Waals surface area contributed by atoms with Crippen LogP contribution in [0.3, 0.4) is 0 Å². The van der Waals surface area contributed by atoms with E-state index in [2.05, 4.69) is 23.8 Å². The van der Waals surface area contributed by atoms with E-state index in [1.165, 1.54) is 0 Å². The van der Waals surface area contributed by atoms with Gasteiger partial charge in [0.25, 0.3) is 0 Å². The molecule has 0 aromatic rings. The molecule has 0 saturated carbocycles. The second kappa shape index (κ2) is 2.48. The van der Waals surface area contributed by atoms with Gasteiger partial charge in [0.2, 0.25) is 0 Å². The highest BCUT2D eigenvalue weighted by molar-refractivity contribution is 8.69. The zero-order valence-corrected chi connectivity index (χ0v) is 5.45. The van der Waals surface area contributed by atoms with Gasteiger partial charge in [-0.1, -0.05) is 35.1 Å². The number of allylic oxidation sites excluding steroid dienone is 2. The van der Waals surface area contributed by atoms with Crippen LogP contribution in [0.2, 0.25) is 0 Å². The van der Waals surface area contributed by atoms with Gasteiger partial charge in [0.1, 0.15) is 0 Å². The maximum Gasteiger partial charge on any atom is 0.0515 e. The Kier molecular flexibility index (Phi) is 1.88. The van der Waals surface area contributed by atoms with E-state index in [0.29, 0.717) is 5.25 Å². The third kappa shape index (κ3) is 1.28. The van der Waals surface area contributed by atoms with Crippen molar-refractivity contribution in [3.05, 3.63) is 24.3 Å². The molecule has 0 saturated heterocycles. The maximum atomic E-state index is 4.03. The van der Waals surface area contributed by atoms with Crippen LogP contribution in [-0.4, -0.2) is 5.25 Å². The number of hydrogen-bond acceptors (Lipinski definition) is 2. The Labute approximate surface area is 52.5 Å². The molecule has 0 N–H and O–H groups in total. The zero-order chi connectivity index (χ0) is 5.11. The Balaban J connectivity index is 2.44. The lowest BCUT2D eigenvalue weighted by Crippen LogP contribution is -1.81. The van der Waals surface area contributed by atoms with Crippen LogP contribution in [0.25, 0.3) is 0 Å². The summed E-state index contributed by atoms with van der Waals surface area (Å²) < 4.78 is 0. The standard InChI is InChI=1S/C5H6S2/c6-7-5-3-1-2-4-5/h1-6H. The molecular formula is C5H6S2. The van der Waals surface area contributed by atoms with Gasteiger partial charge in [0.15, 0.2) is 0 Å². The minimum absolute atomic E-state index is 0.517. The third-order valence-electron chi connectivity index (χ3n) is 0.834. The molecule has 38 valence electrons. The zero-order valence-electron chi connectivity index (χ0n) is 3.74. The summed E-state index contributed by atoms with van der Waals surface area (Å²) in [5.74, 6) is 0. The molecule has 1 rings (SSSR count). The molecule has 0 atom stereocenters. The van der Waals surface area contributed by atoms with Crippen molar-refractivity contribution < 1.29 is 0 Å². The summed E-state index contributed by atoms with van der Waals surface area (Å²) in [5.41, 5.74) is 0. The molecule has 0 bridgehead atoms. The Morgan fingerprint density at radius 1 is 1.29 bits per heavy atom. The Hall–Kier alpha value is 0.180. The smallest absolute Gasteiger partial charge is 0.0515 e. The van der Waals surface area contributed by atoms with Crippen LogP contribution in [0.15, 0.2) is 24.3 Å². The van der Waals surface area contributed by atoms with E-state index in [0.717, 1.165) is 0 Å². The normalized spacial score (nSPS) is 19.0. The van der Waals surface area contributed by atoms with E-state index >= 15 is 0 Å². The summed E-state index contributed by atoms with van der Waals surface area (Å²) >= 11 is 4.03. The van der Waals surface area contributed by atoms with Crippen molar-refractivity contribution in [2.45, 2.75) is 5.25 Å². The van der Waals surface area contributed by atoms with E-state index in [9.17, 15) is 0 Å². The summed E-state index contributed by atoms with van der Waals surface area (Å²) in [5, 5.41) is 0.517. The predicted octanol–water partition coefficient (Wildman–Crippen LogP) is 2.06. The largest absolute Gasteiger partial charge is 0.110 e. The average molecular weight is 130 g/mol. The van der Waals surface area contributed by atoms with Crippen molar-refractivity contribution >= 4 is 22.5 Å². The molecule has 0 aromatic heterocycles. The molecule has 0 fully saturated rings. The molecule has 1 aliphatic carbocycles. The van der Waals surface area contributed by atoms with E-state index in [-0.39, 0.29) is 0 Å². The number of rotatable bonds is 1. The maximum absolute atomic E-state index is 4.03. The summed E-state index contributed by atoms with van der Waals surface area (Å²) in [6, 6.07) is 0. The van der Waals surface area contributed by atoms with Crippen LogP contribution in [0.5, 0.6) is 0 Å². The molecular weight excluding hydrogens is 124 g/mol. The van der Waals surface area contributed by atoms with E-state index in [1.807, 2.05) is 12.2 Å². The van der Waals surface area contributed by atoms with Crippen molar-refractivity contribution in [2.24, 2.45) is 0 Å². The van der Waals surface area contributed by atoms with Gasteiger partial charge in [0.05, 0.1) is 5.25 Å². The molecule has 2 heteroatoms. The van der Waals surface area contributed by atoms with Crippen LogP contribution in [0.4, 0.5) is 0 Å². The van der Waals surface area contributed by atoms with E-state index in [1.54, 1.807) is 10.8 Å². The summed E-state index contributed by atoms with van der Waals surface area (Å²) in [7, 11) is 1.55. The van der Waals surface area contributed by atoms with Crippen LogP contribution in [0.1, 0.15) is 0 Å². The van der Waals surface area contributed by atoms with Gasteiger partial charge in [-0.05, 0) is 0 Å². The molecule has 0 heterocycles. The van der Waals surface area contributed by atoms with Gasteiger partial charge in [-0.15, -0.1) is 11.7 Å². The Bertz CT molecular complexity index is 92.6. The first kappa shape index (κ1) is 5.32. The van der Waals surface area contributed by atoms with E-state index < -0.39 is 0 Å². The highest BCUT2D eigenvalue weighted by Crippen LogP contribution is 2.20. The molecule has 0 unspecified atom stereocenters. The van der Waals surface area contributed by atoms with Gasteiger partial charge in [0, 0.05) is 0 Å². The minimum Gasteiger partial charge on any atom is -0.110 e. The van der Waals surface area contributed by atoms with Gasteiger partial charge >= 0.3 is 0 Å². The number of thiol groups is 1. The van der Waals surface area contributed by atoms with Gasteiger partial charge in [-0.3, -0.25) is 0 Å². The lowest BCUT2D eigenvalue weighted by molar-refractivity contribution is 1.49. The molecule has 0 nitrogen and oxygen atoms in total. The van der Waals surface area contributed by atoms with Crippen molar-refractivity contribution in [3.8, 4) is 0 Å². The lowest BCUT2D eigenvalue weighted by atomic mass is 10.5. The average Bonchev–Trinajstić information content (AvgIpc) is 2.14. The molecule has 0 aromatic carbocycles. The van der Waals surface area contributed by atoms with Gasteiger partial charge < -0.3 is 0 Å². The van der Waals surface area contributed by atoms with Crippen molar-refractivity contribution in [1.29, 1.82) is 0 Å². The van der Waals surface area contributed by atoms with Crippen LogP contribution in [-0.2, 0) is 0 Å². The highest BCUT2D eigenvalue weighted by atomic mass is 33.1. The fourth-order valence-electron chi connectivity index (χ4n) is 0.482. The van der Waals surface area contributed by atoms with Crippen molar-refractivity contribution in [1.82, 2.24) is 0 Å². The lowest BCUT2D eigenvalue weighted by Gasteiger charge is -1.92. The van der Waals surface area contributed by atoms with Crippen molar-refractivity contribution in [3.63, 3.8) is 0 Å². The Morgan fingerprint density at radius 3 is 2.14 bits per heavy atom. The summed E-state index contributed by atoms with van der Waals surface area (Å²) in [4.78, 5) is 0. The molecule has 0 radical (unpaired) electrons. The molecule has 0 aliphatic heterocycles. The van der Waals surface area contributed by atoms with Crippen LogP contribution < -0.4 is 0 Å². The first-order chi connectivity index (χ1) is 3.43. The first-order valence-corrected chi connectivity index (χ1v) is 4.02. The molecule has 1 aliphatic rings. The topological polar surface area (TPSA) is 0 Å². The van der Waals surface area contributed by atoms with Crippen molar-refractivity contribution in [2.75, 3.05) is 0 Å².